The minimum atomic E-state index is -0.630. The summed E-state index contributed by atoms with van der Waals surface area (Å²) in [5.74, 6) is -0.732. The molecule has 170 valence electrons. The summed E-state index contributed by atoms with van der Waals surface area (Å²) in [5, 5.41) is 23.3. The summed E-state index contributed by atoms with van der Waals surface area (Å²) in [5.41, 5.74) is 4.12. The van der Waals surface area contributed by atoms with E-state index in [1.165, 1.54) is 15.7 Å². The van der Waals surface area contributed by atoms with Crippen LogP contribution in [-0.2, 0) is 29.1 Å². The molecular weight excluding hydrogens is 422 g/mol. The summed E-state index contributed by atoms with van der Waals surface area (Å²) in [7, 11) is 0. The smallest absolute Gasteiger partial charge is 0.319 e. The number of aromatic hydroxyl groups is 1. The molecule has 2 aliphatic rings. The lowest BCUT2D eigenvalue weighted by Crippen LogP contribution is -2.41. The summed E-state index contributed by atoms with van der Waals surface area (Å²) in [4.78, 5) is 36.0. The standard InChI is InChI=1S/C24H25N5O4/c30-21-6-5-20(22(31)28-21)29-13-17-9-14(1-4-19(17)23(29)32)11-26-24(33)27-18-3-2-16-12-25-8-7-15(16)10-18/h1-4,9-10,13,20,25,32H,5-8,11-12H2,(H2,26,27,33)(H,28,30,31). The van der Waals surface area contributed by atoms with E-state index >= 15 is 0 Å². The zero-order chi connectivity index (χ0) is 22.9. The summed E-state index contributed by atoms with van der Waals surface area (Å²) in [6.45, 7) is 2.10. The van der Waals surface area contributed by atoms with E-state index in [4.69, 9.17) is 0 Å². The molecule has 33 heavy (non-hydrogen) atoms. The van der Waals surface area contributed by atoms with Gasteiger partial charge in [0.25, 0.3) is 0 Å². The van der Waals surface area contributed by atoms with Crippen LogP contribution in [0.15, 0.2) is 42.6 Å². The van der Waals surface area contributed by atoms with E-state index in [1.54, 1.807) is 12.3 Å². The average molecular weight is 447 g/mol. The predicted octanol–water partition coefficient (Wildman–Crippen LogP) is 2.29. The highest BCUT2D eigenvalue weighted by Crippen LogP contribution is 2.33. The zero-order valence-corrected chi connectivity index (χ0v) is 18.0. The van der Waals surface area contributed by atoms with Gasteiger partial charge < -0.3 is 25.6 Å². The molecule has 1 aromatic heterocycles. The van der Waals surface area contributed by atoms with Crippen molar-refractivity contribution in [3.05, 3.63) is 59.3 Å². The average Bonchev–Trinajstić information content (AvgIpc) is 3.13. The Hall–Kier alpha value is -3.85. The Morgan fingerprint density at radius 3 is 2.85 bits per heavy atom. The number of amides is 4. The largest absolute Gasteiger partial charge is 0.494 e. The molecule has 1 unspecified atom stereocenters. The van der Waals surface area contributed by atoms with Crippen LogP contribution in [0.1, 0.15) is 35.6 Å². The number of fused-ring (bicyclic) bond motifs is 2. The maximum absolute atomic E-state index is 12.4. The van der Waals surface area contributed by atoms with Gasteiger partial charge in [-0.05, 0) is 60.3 Å². The highest BCUT2D eigenvalue weighted by molar-refractivity contribution is 6.00. The Morgan fingerprint density at radius 1 is 1.12 bits per heavy atom. The minimum absolute atomic E-state index is 0.0145. The number of carbonyl (C=O) groups is 3. The van der Waals surface area contributed by atoms with Crippen molar-refractivity contribution in [2.45, 2.75) is 38.4 Å². The first-order chi connectivity index (χ1) is 16.0. The summed E-state index contributed by atoms with van der Waals surface area (Å²) in [6, 6.07) is 10.5. The number of urea groups is 1. The molecule has 1 saturated heterocycles. The number of carbonyl (C=O) groups excluding carboxylic acids is 3. The van der Waals surface area contributed by atoms with Crippen molar-refractivity contribution in [3.8, 4) is 5.88 Å². The quantitative estimate of drug-likeness (QED) is 0.393. The van der Waals surface area contributed by atoms with E-state index in [-0.39, 0.29) is 24.2 Å². The molecule has 4 amide bonds. The molecule has 9 heteroatoms. The van der Waals surface area contributed by atoms with Gasteiger partial charge in [-0.15, -0.1) is 0 Å². The highest BCUT2D eigenvalue weighted by Gasteiger charge is 2.30. The van der Waals surface area contributed by atoms with Crippen LogP contribution in [0.5, 0.6) is 5.88 Å². The van der Waals surface area contributed by atoms with Crippen molar-refractivity contribution >= 4 is 34.3 Å². The monoisotopic (exact) mass is 447 g/mol. The van der Waals surface area contributed by atoms with Crippen LogP contribution in [0.25, 0.3) is 10.8 Å². The van der Waals surface area contributed by atoms with Gasteiger partial charge in [-0.2, -0.15) is 0 Å². The van der Waals surface area contributed by atoms with E-state index in [1.807, 2.05) is 30.3 Å². The number of hydrogen-bond acceptors (Lipinski definition) is 5. The van der Waals surface area contributed by atoms with Crippen molar-refractivity contribution in [2.75, 3.05) is 11.9 Å². The first kappa shape index (κ1) is 21.0. The normalized spacial score (nSPS) is 18.0. The molecule has 1 atom stereocenters. The number of nitrogens with one attached hydrogen (secondary N) is 4. The first-order valence-electron chi connectivity index (χ1n) is 11.0. The van der Waals surface area contributed by atoms with Crippen LogP contribution in [0.3, 0.4) is 0 Å². The number of anilines is 1. The molecule has 3 aromatic rings. The van der Waals surface area contributed by atoms with E-state index in [0.717, 1.165) is 36.1 Å². The van der Waals surface area contributed by atoms with E-state index < -0.39 is 11.9 Å². The third-order valence-electron chi connectivity index (χ3n) is 6.23. The molecule has 5 N–H and O–H groups in total. The van der Waals surface area contributed by atoms with Crippen molar-refractivity contribution < 1.29 is 19.5 Å². The summed E-state index contributed by atoms with van der Waals surface area (Å²) < 4.78 is 1.50. The number of hydrogen-bond donors (Lipinski definition) is 5. The predicted molar refractivity (Wildman–Crippen MR) is 123 cm³/mol. The Balaban J connectivity index is 1.25. The summed E-state index contributed by atoms with van der Waals surface area (Å²) in [6.07, 6.45) is 3.22. The van der Waals surface area contributed by atoms with Crippen LogP contribution in [0, 0.1) is 0 Å². The molecular formula is C24H25N5O4. The number of rotatable bonds is 4. The number of nitrogens with zero attached hydrogens (tertiary/aromatic N) is 1. The van der Waals surface area contributed by atoms with E-state index in [0.29, 0.717) is 18.4 Å². The zero-order valence-electron chi connectivity index (χ0n) is 18.0. The number of aromatic nitrogens is 1. The second-order valence-corrected chi connectivity index (χ2v) is 8.47. The fourth-order valence-corrected chi connectivity index (χ4v) is 4.48. The van der Waals surface area contributed by atoms with E-state index in [9.17, 15) is 19.5 Å². The molecule has 1 fully saturated rings. The van der Waals surface area contributed by atoms with Gasteiger partial charge in [-0.1, -0.05) is 12.1 Å². The van der Waals surface area contributed by atoms with Crippen molar-refractivity contribution in [2.24, 2.45) is 0 Å². The van der Waals surface area contributed by atoms with Crippen molar-refractivity contribution in [3.63, 3.8) is 0 Å². The van der Waals surface area contributed by atoms with Crippen LogP contribution in [0.2, 0.25) is 0 Å². The lowest BCUT2D eigenvalue weighted by Gasteiger charge is -2.22. The third-order valence-corrected chi connectivity index (χ3v) is 6.23. The van der Waals surface area contributed by atoms with Gasteiger partial charge in [0.2, 0.25) is 11.8 Å². The van der Waals surface area contributed by atoms with Crippen LogP contribution in [-0.4, -0.2) is 34.1 Å². The van der Waals surface area contributed by atoms with Gasteiger partial charge in [0.1, 0.15) is 6.04 Å². The molecule has 5 rings (SSSR count). The van der Waals surface area contributed by atoms with Crippen molar-refractivity contribution in [1.82, 2.24) is 20.5 Å². The highest BCUT2D eigenvalue weighted by atomic mass is 16.3. The number of piperidine rings is 1. The molecule has 0 bridgehead atoms. The topological polar surface area (TPSA) is 124 Å². The van der Waals surface area contributed by atoms with Gasteiger partial charge >= 0.3 is 6.03 Å². The Labute approximate surface area is 190 Å². The Kier molecular flexibility index (Phi) is 5.47. The van der Waals surface area contributed by atoms with Gasteiger partial charge in [0.15, 0.2) is 5.88 Å². The molecule has 2 aliphatic heterocycles. The second-order valence-electron chi connectivity index (χ2n) is 8.47. The fraction of sp³-hybridized carbons (Fsp3) is 0.292. The SMILES string of the molecule is O=C1CCC(n2cc3cc(CNC(=O)Nc4ccc5c(c4)CCNC5)ccc3c2O)C(=O)N1. The first-order valence-corrected chi connectivity index (χ1v) is 11.0. The summed E-state index contributed by atoms with van der Waals surface area (Å²) >= 11 is 0. The Bertz CT molecular complexity index is 1270. The van der Waals surface area contributed by atoms with Crippen LogP contribution in [0.4, 0.5) is 10.5 Å². The maximum atomic E-state index is 12.4. The minimum Gasteiger partial charge on any atom is -0.494 e. The molecule has 2 aromatic carbocycles. The molecule has 9 nitrogen and oxygen atoms in total. The van der Waals surface area contributed by atoms with Gasteiger partial charge in [-0.25, -0.2) is 4.79 Å². The van der Waals surface area contributed by atoms with Gasteiger partial charge in [0.05, 0.1) is 0 Å². The molecule has 0 radical (unpaired) electrons. The third kappa shape index (κ3) is 4.27. The lowest BCUT2D eigenvalue weighted by atomic mass is 10.0. The van der Waals surface area contributed by atoms with Crippen molar-refractivity contribution in [1.29, 1.82) is 0 Å². The Morgan fingerprint density at radius 2 is 2.00 bits per heavy atom. The van der Waals surface area contributed by atoms with E-state index in [2.05, 4.69) is 21.3 Å². The number of imide groups is 1. The van der Waals surface area contributed by atoms with Crippen LogP contribution >= 0.6 is 0 Å². The molecule has 0 saturated carbocycles. The molecule has 0 aliphatic carbocycles. The number of benzene rings is 2. The fourth-order valence-electron chi connectivity index (χ4n) is 4.48. The maximum Gasteiger partial charge on any atom is 0.319 e. The lowest BCUT2D eigenvalue weighted by molar-refractivity contribution is -0.135. The van der Waals surface area contributed by atoms with Gasteiger partial charge in [0, 0.05) is 42.2 Å². The second kappa shape index (κ2) is 8.59. The van der Waals surface area contributed by atoms with Crippen LogP contribution < -0.4 is 21.3 Å². The molecule has 0 spiro atoms. The molecule has 3 heterocycles. The van der Waals surface area contributed by atoms with Gasteiger partial charge in [-0.3, -0.25) is 14.9 Å².